The Morgan fingerprint density at radius 1 is 1.27 bits per heavy atom. The second kappa shape index (κ2) is 9.00. The average Bonchev–Trinajstić information content (AvgIpc) is 2.89. The van der Waals surface area contributed by atoms with E-state index in [1.165, 1.54) is 11.3 Å². The number of nitrogens with one attached hydrogen (secondary N) is 1. The van der Waals surface area contributed by atoms with Crippen LogP contribution in [0.15, 0.2) is 29.1 Å². The zero-order chi connectivity index (χ0) is 21.1. The number of benzene rings is 1. The van der Waals surface area contributed by atoms with Crippen molar-refractivity contribution in [3.05, 3.63) is 56.4 Å². The molecule has 0 fully saturated rings. The van der Waals surface area contributed by atoms with E-state index in [-0.39, 0.29) is 11.5 Å². The normalized spacial score (nSPS) is 13.7. The van der Waals surface area contributed by atoms with Gasteiger partial charge in [-0.3, -0.25) is 14.2 Å². The molecule has 0 atom stereocenters. The van der Waals surface area contributed by atoms with Crippen LogP contribution >= 0.6 is 11.3 Å². The van der Waals surface area contributed by atoms with E-state index in [4.69, 9.17) is 9.72 Å². The molecule has 0 aliphatic carbocycles. The Bertz CT molecular complexity index is 1130. The Balaban J connectivity index is 1.41. The van der Waals surface area contributed by atoms with Gasteiger partial charge in [0.25, 0.3) is 11.5 Å². The lowest BCUT2D eigenvalue weighted by molar-refractivity contribution is 0.0955. The molecule has 0 saturated carbocycles. The highest BCUT2D eigenvalue weighted by Crippen LogP contribution is 2.28. The molecule has 158 valence electrons. The predicted octanol–water partition coefficient (Wildman–Crippen LogP) is 4.00. The highest BCUT2D eigenvalue weighted by molar-refractivity contribution is 7.20. The Morgan fingerprint density at radius 3 is 2.97 bits per heavy atom. The average molecular weight is 426 g/mol. The monoisotopic (exact) mass is 425 g/mol. The molecular weight excluding hydrogens is 398 g/mol. The van der Waals surface area contributed by atoms with Gasteiger partial charge in [0.1, 0.15) is 16.4 Å². The fourth-order valence-corrected chi connectivity index (χ4v) is 4.98. The number of aryl methyl sites for hydroxylation is 3. The summed E-state index contributed by atoms with van der Waals surface area (Å²) in [6.07, 6.45) is 4.71. The van der Waals surface area contributed by atoms with Crippen LogP contribution in [0.1, 0.15) is 52.3 Å². The minimum absolute atomic E-state index is 0.00347. The van der Waals surface area contributed by atoms with E-state index >= 15 is 0 Å². The van der Waals surface area contributed by atoms with Crippen LogP contribution in [-0.2, 0) is 13.0 Å². The molecule has 1 aliphatic heterocycles. The first-order valence-electron chi connectivity index (χ1n) is 10.5. The molecule has 1 N–H and O–H groups in total. The lowest BCUT2D eigenvalue weighted by Gasteiger charge is -2.08. The van der Waals surface area contributed by atoms with E-state index in [0.29, 0.717) is 34.7 Å². The van der Waals surface area contributed by atoms with Gasteiger partial charge in [-0.1, -0.05) is 18.6 Å². The molecule has 6 nitrogen and oxygen atoms in total. The summed E-state index contributed by atoms with van der Waals surface area (Å²) < 4.78 is 7.53. The molecule has 0 bridgehead atoms. The van der Waals surface area contributed by atoms with Gasteiger partial charge < -0.3 is 10.1 Å². The molecule has 2 aromatic heterocycles. The molecule has 1 aliphatic rings. The van der Waals surface area contributed by atoms with Gasteiger partial charge in [0.2, 0.25) is 0 Å². The van der Waals surface area contributed by atoms with E-state index in [1.54, 1.807) is 4.57 Å². The number of amides is 1. The number of carbonyl (C=O) groups excluding carboxylic acids is 1. The van der Waals surface area contributed by atoms with Gasteiger partial charge in [-0.15, -0.1) is 11.3 Å². The molecule has 1 aromatic carbocycles. The molecule has 7 heteroatoms. The van der Waals surface area contributed by atoms with Gasteiger partial charge in [-0.2, -0.15) is 0 Å². The van der Waals surface area contributed by atoms with Crippen LogP contribution < -0.4 is 15.6 Å². The summed E-state index contributed by atoms with van der Waals surface area (Å²) in [5.41, 5.74) is 1.89. The van der Waals surface area contributed by atoms with Gasteiger partial charge in [0, 0.05) is 19.5 Å². The van der Waals surface area contributed by atoms with Gasteiger partial charge in [0.15, 0.2) is 0 Å². The van der Waals surface area contributed by atoms with Gasteiger partial charge in [-0.25, -0.2) is 4.98 Å². The number of aromatic nitrogens is 2. The number of hydrogen-bond acceptors (Lipinski definition) is 5. The molecule has 3 heterocycles. The van der Waals surface area contributed by atoms with Crippen molar-refractivity contribution in [2.75, 3.05) is 13.2 Å². The SMILES string of the molecule is Cc1cccc(OCCCNC(=O)c2sc3nc4n(c(=O)c3c2C)CCCCC4)c1. The van der Waals surface area contributed by atoms with Gasteiger partial charge >= 0.3 is 0 Å². The summed E-state index contributed by atoms with van der Waals surface area (Å²) in [4.78, 5) is 31.7. The highest BCUT2D eigenvalue weighted by atomic mass is 32.1. The van der Waals surface area contributed by atoms with Crippen LogP contribution in [0, 0.1) is 13.8 Å². The number of rotatable bonds is 6. The molecule has 0 spiro atoms. The molecule has 30 heavy (non-hydrogen) atoms. The zero-order valence-corrected chi connectivity index (χ0v) is 18.3. The molecule has 1 amide bonds. The van der Waals surface area contributed by atoms with E-state index < -0.39 is 0 Å². The predicted molar refractivity (Wildman–Crippen MR) is 120 cm³/mol. The van der Waals surface area contributed by atoms with Crippen molar-refractivity contribution >= 4 is 27.5 Å². The van der Waals surface area contributed by atoms with Crippen LogP contribution in [0.4, 0.5) is 0 Å². The van der Waals surface area contributed by atoms with Crippen molar-refractivity contribution in [3.8, 4) is 5.75 Å². The van der Waals surface area contributed by atoms with Crippen molar-refractivity contribution < 1.29 is 9.53 Å². The maximum atomic E-state index is 13.0. The summed E-state index contributed by atoms with van der Waals surface area (Å²) in [7, 11) is 0. The van der Waals surface area contributed by atoms with Crippen molar-refractivity contribution in [1.82, 2.24) is 14.9 Å². The summed E-state index contributed by atoms with van der Waals surface area (Å²) >= 11 is 1.32. The lowest BCUT2D eigenvalue weighted by atomic mass is 10.2. The fourth-order valence-electron chi connectivity index (χ4n) is 3.88. The van der Waals surface area contributed by atoms with Gasteiger partial charge in [-0.05, 0) is 56.4 Å². The van der Waals surface area contributed by atoms with E-state index in [2.05, 4.69) is 5.32 Å². The molecular formula is C23H27N3O3S. The Labute approximate surface area is 179 Å². The van der Waals surface area contributed by atoms with Crippen LogP contribution in [0.5, 0.6) is 5.75 Å². The molecule has 0 radical (unpaired) electrons. The third-order valence-electron chi connectivity index (χ3n) is 5.48. The summed E-state index contributed by atoms with van der Waals surface area (Å²) in [5, 5.41) is 3.55. The Kier molecular flexibility index (Phi) is 6.18. The number of nitrogens with zero attached hydrogens (tertiary/aromatic N) is 2. The van der Waals surface area contributed by atoms with Crippen LogP contribution in [-0.4, -0.2) is 28.6 Å². The zero-order valence-electron chi connectivity index (χ0n) is 17.5. The van der Waals surface area contributed by atoms with Crippen molar-refractivity contribution in [2.45, 2.75) is 52.5 Å². The first kappa shape index (κ1) is 20.6. The number of hydrogen-bond donors (Lipinski definition) is 1. The third-order valence-corrected chi connectivity index (χ3v) is 6.67. The standard InChI is InChI=1S/C23H27N3O3S/c1-15-8-6-9-17(14-15)29-13-7-11-24-21(27)20-16(2)19-22(30-20)25-18-10-4-3-5-12-26(18)23(19)28/h6,8-9,14H,3-5,7,10-13H2,1-2H3,(H,24,27). The van der Waals surface area contributed by atoms with Gasteiger partial charge in [0.05, 0.1) is 16.9 Å². The molecule has 0 saturated heterocycles. The van der Waals surface area contributed by atoms with Crippen LogP contribution in [0.25, 0.3) is 10.2 Å². The number of ether oxygens (including phenoxy) is 1. The minimum atomic E-state index is -0.148. The second-order valence-corrected chi connectivity index (χ2v) is 8.81. The fraction of sp³-hybridized carbons (Fsp3) is 0.435. The van der Waals surface area contributed by atoms with Crippen molar-refractivity contribution in [3.63, 3.8) is 0 Å². The maximum Gasteiger partial charge on any atom is 0.262 e. The largest absolute Gasteiger partial charge is 0.494 e. The van der Waals surface area contributed by atoms with Crippen LogP contribution in [0.2, 0.25) is 0 Å². The number of carbonyl (C=O) groups is 1. The van der Waals surface area contributed by atoms with Crippen molar-refractivity contribution in [1.29, 1.82) is 0 Å². The minimum Gasteiger partial charge on any atom is -0.494 e. The quantitative estimate of drug-likeness (QED) is 0.606. The molecule has 3 aromatic rings. The first-order valence-corrected chi connectivity index (χ1v) is 11.4. The van der Waals surface area contributed by atoms with Crippen LogP contribution in [0.3, 0.4) is 0 Å². The smallest absolute Gasteiger partial charge is 0.262 e. The Hall–Kier alpha value is -2.67. The highest BCUT2D eigenvalue weighted by Gasteiger charge is 2.22. The maximum absolute atomic E-state index is 13.0. The number of fused-ring (bicyclic) bond motifs is 2. The first-order chi connectivity index (χ1) is 14.5. The molecule has 0 unspecified atom stereocenters. The topological polar surface area (TPSA) is 73.2 Å². The van der Waals surface area contributed by atoms with E-state index in [1.807, 2.05) is 38.1 Å². The summed E-state index contributed by atoms with van der Waals surface area (Å²) in [5.74, 6) is 1.55. The second-order valence-electron chi connectivity index (χ2n) is 7.81. The molecule has 4 rings (SSSR count). The van der Waals surface area contributed by atoms with Crippen molar-refractivity contribution in [2.24, 2.45) is 0 Å². The van der Waals surface area contributed by atoms with E-state index in [0.717, 1.165) is 54.9 Å². The summed E-state index contributed by atoms with van der Waals surface area (Å²) in [6.45, 7) is 5.64. The van der Waals surface area contributed by atoms with E-state index in [9.17, 15) is 9.59 Å². The summed E-state index contributed by atoms with van der Waals surface area (Å²) in [6, 6.07) is 7.91. The third kappa shape index (κ3) is 4.26. The lowest BCUT2D eigenvalue weighted by Crippen LogP contribution is -2.26. The Morgan fingerprint density at radius 2 is 2.13 bits per heavy atom. The number of thiophene rings is 1.